The first-order chi connectivity index (χ1) is 8.36. The molecule has 0 heterocycles. The predicted molar refractivity (Wildman–Crippen MR) is 61.3 cm³/mol. The second kappa shape index (κ2) is 8.29. The third-order valence-electron chi connectivity index (χ3n) is 1.98. The standard InChI is InChI=1S/C10H18N2O6/c1-3-18-6(2)5-11-10(17)12-7(9(15)16)4-8(13)14/h6-7H,3-5H2,1-2H3,(H,13,14)(H,15,16)(H2,11,12,17)/t6?,7-/m1/s1. The molecule has 0 spiro atoms. The minimum Gasteiger partial charge on any atom is -0.481 e. The van der Waals surface area contributed by atoms with Crippen molar-refractivity contribution in [3.8, 4) is 0 Å². The highest BCUT2D eigenvalue weighted by atomic mass is 16.5. The van der Waals surface area contributed by atoms with E-state index in [0.29, 0.717) is 6.61 Å². The second-order valence-electron chi connectivity index (χ2n) is 3.61. The summed E-state index contributed by atoms with van der Waals surface area (Å²) in [6.45, 7) is 4.26. The predicted octanol–water partition coefficient (Wildman–Crippen LogP) is -0.361. The van der Waals surface area contributed by atoms with Crippen LogP contribution in [0.5, 0.6) is 0 Å². The Morgan fingerprint density at radius 1 is 1.28 bits per heavy atom. The quantitative estimate of drug-likeness (QED) is 0.473. The van der Waals surface area contributed by atoms with Gasteiger partial charge in [-0.15, -0.1) is 0 Å². The first-order valence-corrected chi connectivity index (χ1v) is 5.47. The largest absolute Gasteiger partial charge is 0.481 e. The highest BCUT2D eigenvalue weighted by Gasteiger charge is 2.22. The van der Waals surface area contributed by atoms with Crippen LogP contribution in [0.1, 0.15) is 20.3 Å². The van der Waals surface area contributed by atoms with Crippen molar-refractivity contribution in [1.82, 2.24) is 10.6 Å². The Kier molecular flexibility index (Phi) is 7.45. The first kappa shape index (κ1) is 16.2. The van der Waals surface area contributed by atoms with Crippen LogP contribution in [0.25, 0.3) is 0 Å². The van der Waals surface area contributed by atoms with Crippen molar-refractivity contribution in [2.45, 2.75) is 32.4 Å². The molecule has 0 aromatic carbocycles. The number of rotatable bonds is 8. The molecule has 0 saturated heterocycles. The van der Waals surface area contributed by atoms with Crippen LogP contribution >= 0.6 is 0 Å². The lowest BCUT2D eigenvalue weighted by Gasteiger charge is -2.15. The molecule has 4 N–H and O–H groups in total. The number of nitrogens with one attached hydrogen (secondary N) is 2. The van der Waals surface area contributed by atoms with Gasteiger partial charge in [-0.05, 0) is 13.8 Å². The molecule has 8 nitrogen and oxygen atoms in total. The number of urea groups is 1. The Hall–Kier alpha value is -1.83. The van der Waals surface area contributed by atoms with Gasteiger partial charge >= 0.3 is 18.0 Å². The summed E-state index contributed by atoms with van der Waals surface area (Å²) in [6, 6.07) is -2.19. The van der Waals surface area contributed by atoms with Crippen molar-refractivity contribution in [2.75, 3.05) is 13.2 Å². The smallest absolute Gasteiger partial charge is 0.326 e. The van der Waals surface area contributed by atoms with Gasteiger partial charge in [-0.25, -0.2) is 9.59 Å². The summed E-state index contributed by atoms with van der Waals surface area (Å²) in [5, 5.41) is 21.6. The molecule has 0 aliphatic carbocycles. The minimum absolute atomic E-state index is 0.205. The number of hydrogen-bond donors (Lipinski definition) is 4. The summed E-state index contributed by atoms with van der Waals surface area (Å²) in [4.78, 5) is 32.4. The molecule has 0 aliphatic rings. The SMILES string of the molecule is CCOC(C)CNC(=O)N[C@H](CC(=O)O)C(=O)O. The van der Waals surface area contributed by atoms with Crippen molar-refractivity contribution in [3.63, 3.8) is 0 Å². The van der Waals surface area contributed by atoms with Crippen LogP contribution in [0.4, 0.5) is 4.79 Å². The van der Waals surface area contributed by atoms with Gasteiger partial charge in [0, 0.05) is 13.2 Å². The Balaban J connectivity index is 4.10. The number of ether oxygens (including phenoxy) is 1. The number of amides is 2. The summed E-state index contributed by atoms with van der Waals surface area (Å²) < 4.78 is 5.16. The van der Waals surface area contributed by atoms with E-state index in [2.05, 4.69) is 10.6 Å². The number of carboxylic acid groups (broad SMARTS) is 2. The average Bonchev–Trinajstić information content (AvgIpc) is 2.25. The van der Waals surface area contributed by atoms with E-state index < -0.39 is 30.4 Å². The fourth-order valence-electron chi connectivity index (χ4n) is 1.16. The number of hydrogen-bond acceptors (Lipinski definition) is 4. The fourth-order valence-corrected chi connectivity index (χ4v) is 1.16. The molecule has 0 aliphatic heterocycles. The van der Waals surface area contributed by atoms with Crippen molar-refractivity contribution in [2.24, 2.45) is 0 Å². The van der Waals surface area contributed by atoms with Gasteiger partial charge in [-0.1, -0.05) is 0 Å². The number of carbonyl (C=O) groups excluding carboxylic acids is 1. The van der Waals surface area contributed by atoms with Crippen LogP contribution in [-0.4, -0.2) is 53.5 Å². The maximum absolute atomic E-state index is 11.3. The van der Waals surface area contributed by atoms with Crippen molar-refractivity contribution in [3.05, 3.63) is 0 Å². The normalized spacial score (nSPS) is 13.4. The molecule has 8 heteroatoms. The first-order valence-electron chi connectivity index (χ1n) is 5.47. The molecule has 2 amide bonds. The topological polar surface area (TPSA) is 125 Å². The van der Waals surface area contributed by atoms with Crippen LogP contribution in [0.3, 0.4) is 0 Å². The average molecular weight is 262 g/mol. The van der Waals surface area contributed by atoms with Crippen molar-refractivity contribution >= 4 is 18.0 Å². The molecule has 18 heavy (non-hydrogen) atoms. The van der Waals surface area contributed by atoms with E-state index in [1.807, 2.05) is 6.92 Å². The molecule has 0 aromatic heterocycles. The molecular weight excluding hydrogens is 244 g/mol. The van der Waals surface area contributed by atoms with Gasteiger partial charge in [-0.3, -0.25) is 4.79 Å². The molecule has 0 aromatic rings. The summed E-state index contributed by atoms with van der Waals surface area (Å²) in [7, 11) is 0. The van der Waals surface area contributed by atoms with E-state index in [0.717, 1.165) is 0 Å². The highest BCUT2D eigenvalue weighted by Crippen LogP contribution is 1.93. The molecule has 0 saturated carbocycles. The molecule has 2 atom stereocenters. The van der Waals surface area contributed by atoms with Crippen LogP contribution in [-0.2, 0) is 14.3 Å². The summed E-state index contributed by atoms with van der Waals surface area (Å²) >= 11 is 0. The molecule has 0 rings (SSSR count). The van der Waals surface area contributed by atoms with Crippen LogP contribution in [0, 0.1) is 0 Å². The lowest BCUT2D eigenvalue weighted by Crippen LogP contribution is -2.48. The summed E-state index contributed by atoms with van der Waals surface area (Å²) in [5.74, 6) is -2.70. The molecule has 0 bridgehead atoms. The zero-order valence-corrected chi connectivity index (χ0v) is 10.3. The Morgan fingerprint density at radius 3 is 2.33 bits per heavy atom. The van der Waals surface area contributed by atoms with E-state index >= 15 is 0 Å². The molecule has 0 radical (unpaired) electrons. The second-order valence-corrected chi connectivity index (χ2v) is 3.61. The lowest BCUT2D eigenvalue weighted by atomic mass is 10.2. The molecular formula is C10H18N2O6. The molecule has 0 fully saturated rings. The number of carboxylic acids is 2. The van der Waals surface area contributed by atoms with E-state index in [4.69, 9.17) is 14.9 Å². The Labute approximate surface area is 104 Å². The third kappa shape index (κ3) is 7.44. The van der Waals surface area contributed by atoms with E-state index in [9.17, 15) is 14.4 Å². The molecule has 1 unspecified atom stereocenters. The minimum atomic E-state index is -1.45. The number of carbonyl (C=O) groups is 3. The maximum Gasteiger partial charge on any atom is 0.326 e. The Bertz CT molecular complexity index is 307. The van der Waals surface area contributed by atoms with Gasteiger partial charge in [0.15, 0.2) is 0 Å². The van der Waals surface area contributed by atoms with Gasteiger partial charge in [-0.2, -0.15) is 0 Å². The van der Waals surface area contributed by atoms with Crippen molar-refractivity contribution < 1.29 is 29.3 Å². The zero-order valence-electron chi connectivity index (χ0n) is 10.3. The number of aliphatic carboxylic acids is 2. The lowest BCUT2D eigenvalue weighted by molar-refractivity contribution is -0.145. The monoisotopic (exact) mass is 262 g/mol. The van der Waals surface area contributed by atoms with Gasteiger partial charge in [0.25, 0.3) is 0 Å². The van der Waals surface area contributed by atoms with Gasteiger partial charge in [0.1, 0.15) is 6.04 Å². The summed E-state index contributed by atoms with van der Waals surface area (Å²) in [6.07, 6.45) is -0.882. The van der Waals surface area contributed by atoms with Crippen LogP contribution in [0.15, 0.2) is 0 Å². The van der Waals surface area contributed by atoms with Crippen molar-refractivity contribution in [1.29, 1.82) is 0 Å². The zero-order chi connectivity index (χ0) is 14.1. The van der Waals surface area contributed by atoms with Gasteiger partial charge < -0.3 is 25.6 Å². The fraction of sp³-hybridized carbons (Fsp3) is 0.700. The van der Waals surface area contributed by atoms with Crippen LogP contribution in [0.2, 0.25) is 0 Å². The highest BCUT2D eigenvalue weighted by molar-refractivity contribution is 5.86. The van der Waals surface area contributed by atoms with Gasteiger partial charge in [0.2, 0.25) is 0 Å². The molecule has 104 valence electrons. The van der Waals surface area contributed by atoms with Crippen LogP contribution < -0.4 is 10.6 Å². The van der Waals surface area contributed by atoms with E-state index in [1.54, 1.807) is 6.92 Å². The summed E-state index contributed by atoms with van der Waals surface area (Å²) in [5.41, 5.74) is 0. The maximum atomic E-state index is 11.3. The third-order valence-corrected chi connectivity index (χ3v) is 1.98. The Morgan fingerprint density at radius 2 is 1.89 bits per heavy atom. The van der Waals surface area contributed by atoms with E-state index in [-0.39, 0.29) is 12.6 Å². The van der Waals surface area contributed by atoms with Gasteiger partial charge in [0.05, 0.1) is 12.5 Å². The van der Waals surface area contributed by atoms with E-state index in [1.165, 1.54) is 0 Å².